The first-order valence-electron chi connectivity index (χ1n) is 8.79. The van der Waals surface area contributed by atoms with Crippen LogP contribution in [0.2, 0.25) is 0 Å². The Kier molecular flexibility index (Phi) is 5.31. The first-order valence-corrected chi connectivity index (χ1v) is 10.5. The summed E-state index contributed by atoms with van der Waals surface area (Å²) in [5.74, 6) is -0.191. The fourth-order valence-corrected chi connectivity index (χ4v) is 4.51. The van der Waals surface area contributed by atoms with Gasteiger partial charge < -0.3 is 5.32 Å². The second kappa shape index (κ2) is 7.86. The second-order valence-corrected chi connectivity index (χ2v) is 8.53. The van der Waals surface area contributed by atoms with Crippen LogP contribution in [0.1, 0.15) is 19.3 Å². The predicted molar refractivity (Wildman–Crippen MR) is 112 cm³/mol. The molecule has 0 aromatic heterocycles. The van der Waals surface area contributed by atoms with Crippen molar-refractivity contribution in [3.63, 3.8) is 0 Å². The molecule has 5 nitrogen and oxygen atoms in total. The van der Waals surface area contributed by atoms with Crippen molar-refractivity contribution in [3.8, 4) is 0 Å². The van der Waals surface area contributed by atoms with Crippen LogP contribution in [0.15, 0.2) is 64.1 Å². The largest absolute Gasteiger partial charge is 0.325 e. The van der Waals surface area contributed by atoms with E-state index in [9.17, 15) is 9.59 Å². The minimum Gasteiger partial charge on any atom is -0.325 e. The predicted octanol–water partition coefficient (Wildman–Crippen LogP) is 4.57. The summed E-state index contributed by atoms with van der Waals surface area (Å²) in [6.45, 7) is 0. The van der Waals surface area contributed by atoms with E-state index in [2.05, 4.69) is 26.2 Å². The maximum Gasteiger partial charge on any atom is 0.242 e. The van der Waals surface area contributed by atoms with Gasteiger partial charge in [0, 0.05) is 16.9 Å². The zero-order valence-corrected chi connectivity index (χ0v) is 16.9. The summed E-state index contributed by atoms with van der Waals surface area (Å²) in [6, 6.07) is 17.3. The van der Waals surface area contributed by atoms with E-state index in [1.165, 1.54) is 11.8 Å². The van der Waals surface area contributed by atoms with Gasteiger partial charge in [0.25, 0.3) is 0 Å². The number of aliphatic imine (C=N–C) groups is 1. The Hall–Kier alpha value is -2.12. The van der Waals surface area contributed by atoms with Crippen LogP contribution in [0.3, 0.4) is 0 Å². The van der Waals surface area contributed by atoms with Gasteiger partial charge in [-0.25, -0.2) is 4.99 Å². The molecule has 0 spiro atoms. The molecule has 138 valence electrons. The Morgan fingerprint density at radius 2 is 1.85 bits per heavy atom. The maximum atomic E-state index is 12.9. The van der Waals surface area contributed by atoms with Gasteiger partial charge in [-0.1, -0.05) is 42.1 Å². The van der Waals surface area contributed by atoms with Gasteiger partial charge in [0.05, 0.1) is 11.4 Å². The number of nitrogens with one attached hydrogen (secondary N) is 1. The van der Waals surface area contributed by atoms with E-state index in [4.69, 9.17) is 0 Å². The van der Waals surface area contributed by atoms with Crippen molar-refractivity contribution in [2.24, 2.45) is 4.99 Å². The molecule has 1 aliphatic heterocycles. The van der Waals surface area contributed by atoms with E-state index in [0.717, 1.165) is 23.0 Å². The Labute approximate surface area is 170 Å². The van der Waals surface area contributed by atoms with Crippen LogP contribution < -0.4 is 5.32 Å². The maximum absolute atomic E-state index is 12.9. The zero-order valence-electron chi connectivity index (χ0n) is 14.5. The lowest BCUT2D eigenvalue weighted by molar-refractivity contribution is -0.128. The molecule has 0 bridgehead atoms. The lowest BCUT2D eigenvalue weighted by Gasteiger charge is -2.15. The van der Waals surface area contributed by atoms with E-state index in [0.29, 0.717) is 10.9 Å². The zero-order chi connectivity index (χ0) is 18.8. The number of amides is 2. The highest BCUT2D eigenvalue weighted by molar-refractivity contribution is 9.10. The van der Waals surface area contributed by atoms with Crippen LogP contribution in [0.5, 0.6) is 0 Å². The fraction of sp³-hybridized carbons (Fsp3) is 0.250. The van der Waals surface area contributed by atoms with Crippen molar-refractivity contribution < 1.29 is 9.59 Å². The quantitative estimate of drug-likeness (QED) is 0.735. The van der Waals surface area contributed by atoms with Crippen molar-refractivity contribution in [2.75, 3.05) is 5.32 Å². The molecule has 2 aliphatic rings. The van der Waals surface area contributed by atoms with Crippen molar-refractivity contribution in [1.82, 2.24) is 4.90 Å². The highest BCUT2D eigenvalue weighted by atomic mass is 79.9. The number of carbonyl (C=O) groups excluding carboxylic acids is 2. The molecule has 1 aliphatic carbocycles. The van der Waals surface area contributed by atoms with Crippen LogP contribution in [0.25, 0.3) is 0 Å². The molecule has 1 heterocycles. The number of amidine groups is 1. The number of benzene rings is 2. The minimum atomic E-state index is -0.435. The second-order valence-electron chi connectivity index (χ2n) is 6.51. The van der Waals surface area contributed by atoms with E-state index in [1.807, 2.05) is 54.6 Å². The summed E-state index contributed by atoms with van der Waals surface area (Å²) in [5.41, 5.74) is 1.52. The Morgan fingerprint density at radius 3 is 2.56 bits per heavy atom. The number of para-hydroxylation sites is 2. The van der Waals surface area contributed by atoms with E-state index in [1.54, 1.807) is 4.90 Å². The number of halogens is 1. The fourth-order valence-electron chi connectivity index (χ4n) is 2.91. The third kappa shape index (κ3) is 4.25. The Bertz CT molecular complexity index is 899. The molecule has 7 heteroatoms. The van der Waals surface area contributed by atoms with Gasteiger partial charge in [-0.3, -0.25) is 14.5 Å². The van der Waals surface area contributed by atoms with Crippen LogP contribution >= 0.6 is 27.7 Å². The molecule has 1 saturated carbocycles. The summed E-state index contributed by atoms with van der Waals surface area (Å²) in [6.07, 6.45) is 2.12. The molecule has 4 rings (SSSR count). The average molecular weight is 444 g/mol. The summed E-state index contributed by atoms with van der Waals surface area (Å²) in [4.78, 5) is 31.8. The molecular weight excluding hydrogens is 426 g/mol. The molecule has 1 N–H and O–H groups in total. The third-order valence-electron chi connectivity index (χ3n) is 4.38. The van der Waals surface area contributed by atoms with Crippen LogP contribution in [-0.2, 0) is 9.59 Å². The number of carbonyl (C=O) groups is 2. The molecule has 2 amide bonds. The van der Waals surface area contributed by atoms with Gasteiger partial charge in [0.2, 0.25) is 11.8 Å². The van der Waals surface area contributed by atoms with Gasteiger partial charge in [-0.05, 0) is 53.0 Å². The van der Waals surface area contributed by atoms with Crippen LogP contribution in [0, 0.1) is 0 Å². The molecule has 0 unspecified atom stereocenters. The first kappa shape index (κ1) is 18.3. The molecule has 27 heavy (non-hydrogen) atoms. The number of nitrogens with zero attached hydrogens (tertiary/aromatic N) is 2. The summed E-state index contributed by atoms with van der Waals surface area (Å²) >= 11 is 4.81. The molecule has 2 fully saturated rings. The van der Waals surface area contributed by atoms with E-state index in [-0.39, 0.29) is 24.3 Å². The van der Waals surface area contributed by atoms with Crippen LogP contribution in [-0.4, -0.2) is 33.2 Å². The number of thioether (sulfide) groups is 1. The molecule has 0 radical (unpaired) electrons. The number of anilines is 1. The standard InChI is InChI=1S/C20H18BrN3O2S/c21-15-8-4-5-9-16(15)23-18(25)12-17-19(26)24(14-10-11-14)20(27-17)22-13-6-2-1-3-7-13/h1-9,14,17H,10-12H2,(H,23,25)/t17-/m1/s1. The van der Waals surface area contributed by atoms with Crippen LogP contribution in [0.4, 0.5) is 11.4 Å². The lowest BCUT2D eigenvalue weighted by Crippen LogP contribution is -2.35. The highest BCUT2D eigenvalue weighted by Crippen LogP contribution is 2.39. The average Bonchev–Trinajstić information content (AvgIpc) is 3.44. The monoisotopic (exact) mass is 443 g/mol. The highest BCUT2D eigenvalue weighted by Gasteiger charge is 2.46. The number of hydrogen-bond acceptors (Lipinski definition) is 4. The lowest BCUT2D eigenvalue weighted by atomic mass is 10.2. The molecule has 1 saturated heterocycles. The van der Waals surface area contributed by atoms with Gasteiger partial charge in [-0.2, -0.15) is 0 Å². The van der Waals surface area contributed by atoms with Crippen molar-refractivity contribution >= 4 is 56.0 Å². The van der Waals surface area contributed by atoms with Crippen molar-refractivity contribution in [3.05, 3.63) is 59.1 Å². The van der Waals surface area contributed by atoms with Gasteiger partial charge in [0.15, 0.2) is 5.17 Å². The topological polar surface area (TPSA) is 61.8 Å². The first-order chi connectivity index (χ1) is 13.1. The number of rotatable bonds is 5. The summed E-state index contributed by atoms with van der Waals surface area (Å²) in [7, 11) is 0. The van der Waals surface area contributed by atoms with Gasteiger partial charge >= 0.3 is 0 Å². The van der Waals surface area contributed by atoms with Crippen molar-refractivity contribution in [2.45, 2.75) is 30.6 Å². The molecule has 1 atom stereocenters. The van der Waals surface area contributed by atoms with Gasteiger partial charge in [0.1, 0.15) is 5.25 Å². The van der Waals surface area contributed by atoms with Crippen molar-refractivity contribution in [1.29, 1.82) is 0 Å². The number of hydrogen-bond donors (Lipinski definition) is 1. The summed E-state index contributed by atoms with van der Waals surface area (Å²) in [5, 5.41) is 3.14. The molecular formula is C20H18BrN3O2S. The van der Waals surface area contributed by atoms with E-state index >= 15 is 0 Å². The van der Waals surface area contributed by atoms with E-state index < -0.39 is 5.25 Å². The molecule has 2 aromatic carbocycles. The van der Waals surface area contributed by atoms with Gasteiger partial charge in [-0.15, -0.1) is 0 Å². The SMILES string of the molecule is O=C(C[C@H]1SC(=Nc2ccccc2)N(C2CC2)C1=O)Nc1ccccc1Br. The minimum absolute atomic E-state index is 0.0144. The Balaban J connectivity index is 1.49. The molecule has 2 aromatic rings. The smallest absolute Gasteiger partial charge is 0.242 e. The summed E-state index contributed by atoms with van der Waals surface area (Å²) < 4.78 is 0.815. The Morgan fingerprint density at radius 1 is 1.15 bits per heavy atom. The third-order valence-corrected chi connectivity index (χ3v) is 6.22. The normalized spacial score (nSPS) is 20.9.